The Balaban J connectivity index is 1.70. The van der Waals surface area contributed by atoms with Crippen molar-refractivity contribution in [3.8, 4) is 0 Å². The number of nitrogens with two attached hydrogens (primary N) is 1. The van der Waals surface area contributed by atoms with Crippen LogP contribution in [0.5, 0.6) is 0 Å². The summed E-state index contributed by atoms with van der Waals surface area (Å²) in [5.41, 5.74) is 6.01. The van der Waals surface area contributed by atoms with Gasteiger partial charge in [-0.1, -0.05) is 6.92 Å². The van der Waals surface area contributed by atoms with Crippen molar-refractivity contribution < 1.29 is 0 Å². The molecule has 4 rings (SSSR count). The van der Waals surface area contributed by atoms with Gasteiger partial charge in [0.15, 0.2) is 0 Å². The highest BCUT2D eigenvalue weighted by atomic mass is 15.3. The van der Waals surface area contributed by atoms with Crippen LogP contribution in [0.15, 0.2) is 0 Å². The zero-order chi connectivity index (χ0) is 11.8. The molecule has 0 spiro atoms. The molecule has 4 aliphatic heterocycles. The summed E-state index contributed by atoms with van der Waals surface area (Å²) in [6.07, 6.45) is 5.54. The molecule has 3 unspecified atom stereocenters. The van der Waals surface area contributed by atoms with Gasteiger partial charge in [-0.2, -0.15) is 0 Å². The molecule has 0 aliphatic carbocycles. The molecule has 0 amide bonds. The van der Waals surface area contributed by atoms with Crippen molar-refractivity contribution >= 4 is 0 Å². The van der Waals surface area contributed by atoms with E-state index >= 15 is 0 Å². The van der Waals surface area contributed by atoms with Crippen molar-refractivity contribution in [2.45, 2.75) is 44.7 Å². The van der Waals surface area contributed by atoms with Gasteiger partial charge in [-0.25, -0.2) is 0 Å². The molecule has 4 aliphatic rings. The third kappa shape index (κ3) is 2.25. The number of piperidine rings is 4. The Morgan fingerprint density at radius 2 is 1.88 bits per heavy atom. The number of fused-ring (bicyclic) bond motifs is 3. The molecule has 0 aromatic heterocycles. The van der Waals surface area contributed by atoms with E-state index in [1.807, 2.05) is 0 Å². The highest BCUT2D eigenvalue weighted by Gasteiger charge is 2.40. The number of nitrogens with zero attached hydrogens (tertiary/aromatic N) is 2. The van der Waals surface area contributed by atoms with Crippen LogP contribution in [0.4, 0.5) is 0 Å². The highest BCUT2D eigenvalue weighted by molar-refractivity contribution is 4.96. The molecule has 4 saturated heterocycles. The lowest BCUT2D eigenvalue weighted by Crippen LogP contribution is -2.62. The van der Waals surface area contributed by atoms with Crippen LogP contribution in [0.2, 0.25) is 0 Å². The lowest BCUT2D eigenvalue weighted by atomic mass is 9.80. The first kappa shape index (κ1) is 11.9. The van der Waals surface area contributed by atoms with Crippen molar-refractivity contribution in [1.82, 2.24) is 9.80 Å². The monoisotopic (exact) mass is 237 g/mol. The van der Waals surface area contributed by atoms with Gasteiger partial charge in [0.25, 0.3) is 0 Å². The van der Waals surface area contributed by atoms with Gasteiger partial charge in [0.05, 0.1) is 0 Å². The summed E-state index contributed by atoms with van der Waals surface area (Å²) < 4.78 is 0. The van der Waals surface area contributed by atoms with Gasteiger partial charge in [-0.3, -0.25) is 4.90 Å². The minimum absolute atomic E-state index is 0.657. The Bertz CT molecular complexity index is 260. The molecule has 3 heteroatoms. The molecular formula is C14H27N3. The third-order valence-electron chi connectivity index (χ3n) is 5.34. The molecule has 3 atom stereocenters. The SMILES string of the molecule is CC1CCN(C2CN3CCC2CC3)C(CN)C1. The van der Waals surface area contributed by atoms with Crippen molar-refractivity contribution in [2.75, 3.05) is 32.7 Å². The van der Waals surface area contributed by atoms with E-state index in [2.05, 4.69) is 16.7 Å². The topological polar surface area (TPSA) is 32.5 Å². The molecule has 3 nitrogen and oxygen atoms in total. The molecule has 4 heterocycles. The van der Waals surface area contributed by atoms with Gasteiger partial charge < -0.3 is 10.6 Å². The Morgan fingerprint density at radius 3 is 2.47 bits per heavy atom. The van der Waals surface area contributed by atoms with Gasteiger partial charge in [0, 0.05) is 25.2 Å². The quantitative estimate of drug-likeness (QED) is 0.782. The van der Waals surface area contributed by atoms with E-state index in [1.165, 1.54) is 51.9 Å². The zero-order valence-electron chi connectivity index (χ0n) is 11.1. The molecule has 4 fully saturated rings. The molecule has 0 aromatic rings. The molecule has 2 bridgehead atoms. The number of hydrogen-bond acceptors (Lipinski definition) is 3. The zero-order valence-corrected chi connectivity index (χ0v) is 11.1. The molecule has 0 radical (unpaired) electrons. The molecule has 2 N–H and O–H groups in total. The van der Waals surface area contributed by atoms with E-state index in [1.54, 1.807) is 0 Å². The predicted molar refractivity (Wildman–Crippen MR) is 70.9 cm³/mol. The van der Waals surface area contributed by atoms with Crippen LogP contribution in [0, 0.1) is 11.8 Å². The standard InChI is InChI=1S/C14H27N3/c1-11-2-7-17(13(8-11)9-15)14-10-16-5-3-12(14)4-6-16/h11-14H,2-10,15H2,1H3. The summed E-state index contributed by atoms with van der Waals surface area (Å²) in [6.45, 7) is 8.54. The summed E-state index contributed by atoms with van der Waals surface area (Å²) in [7, 11) is 0. The maximum absolute atomic E-state index is 6.01. The maximum atomic E-state index is 6.01. The van der Waals surface area contributed by atoms with Crippen LogP contribution in [-0.2, 0) is 0 Å². The minimum Gasteiger partial charge on any atom is -0.329 e. The molecule has 0 aromatic carbocycles. The predicted octanol–water partition coefficient (Wildman–Crippen LogP) is 1.14. The fourth-order valence-corrected chi connectivity index (χ4v) is 4.25. The summed E-state index contributed by atoms with van der Waals surface area (Å²) >= 11 is 0. The van der Waals surface area contributed by atoms with Crippen LogP contribution in [0.25, 0.3) is 0 Å². The number of hydrogen-bond donors (Lipinski definition) is 1. The van der Waals surface area contributed by atoms with Crippen LogP contribution in [0.1, 0.15) is 32.6 Å². The average molecular weight is 237 g/mol. The van der Waals surface area contributed by atoms with Crippen molar-refractivity contribution in [3.63, 3.8) is 0 Å². The fourth-order valence-electron chi connectivity index (χ4n) is 4.25. The Hall–Kier alpha value is -0.120. The van der Waals surface area contributed by atoms with Crippen molar-refractivity contribution in [3.05, 3.63) is 0 Å². The largest absolute Gasteiger partial charge is 0.329 e. The highest BCUT2D eigenvalue weighted by Crippen LogP contribution is 2.34. The summed E-state index contributed by atoms with van der Waals surface area (Å²) in [5, 5.41) is 0. The smallest absolute Gasteiger partial charge is 0.0255 e. The summed E-state index contributed by atoms with van der Waals surface area (Å²) in [6, 6.07) is 1.47. The Labute approximate surface area is 105 Å². The Kier molecular flexibility index (Phi) is 3.42. The van der Waals surface area contributed by atoms with E-state index in [9.17, 15) is 0 Å². The second-order valence-corrected chi connectivity index (χ2v) is 6.46. The van der Waals surface area contributed by atoms with E-state index in [0.717, 1.165) is 24.4 Å². The van der Waals surface area contributed by atoms with Crippen molar-refractivity contribution in [1.29, 1.82) is 0 Å². The average Bonchev–Trinajstić information content (AvgIpc) is 2.39. The fraction of sp³-hybridized carbons (Fsp3) is 1.00. The first-order valence-corrected chi connectivity index (χ1v) is 7.46. The van der Waals surface area contributed by atoms with Gasteiger partial charge in [-0.05, 0) is 57.2 Å². The maximum Gasteiger partial charge on any atom is 0.0255 e. The lowest BCUT2D eigenvalue weighted by Gasteiger charge is -2.53. The van der Waals surface area contributed by atoms with Crippen LogP contribution < -0.4 is 5.73 Å². The van der Waals surface area contributed by atoms with E-state index in [4.69, 9.17) is 5.73 Å². The normalized spacial score (nSPS) is 47.3. The first-order valence-electron chi connectivity index (χ1n) is 7.46. The number of rotatable bonds is 2. The Morgan fingerprint density at radius 1 is 1.12 bits per heavy atom. The summed E-state index contributed by atoms with van der Waals surface area (Å²) in [4.78, 5) is 5.44. The van der Waals surface area contributed by atoms with Crippen LogP contribution >= 0.6 is 0 Å². The second kappa shape index (κ2) is 4.87. The van der Waals surface area contributed by atoms with Gasteiger partial charge in [-0.15, -0.1) is 0 Å². The van der Waals surface area contributed by atoms with Crippen LogP contribution in [-0.4, -0.2) is 54.6 Å². The van der Waals surface area contributed by atoms with E-state index in [-0.39, 0.29) is 0 Å². The van der Waals surface area contributed by atoms with Gasteiger partial charge in [0.1, 0.15) is 0 Å². The molecular weight excluding hydrogens is 210 g/mol. The third-order valence-corrected chi connectivity index (χ3v) is 5.34. The molecule has 98 valence electrons. The van der Waals surface area contributed by atoms with E-state index < -0.39 is 0 Å². The number of likely N-dealkylation sites (tertiary alicyclic amines) is 1. The molecule has 17 heavy (non-hydrogen) atoms. The van der Waals surface area contributed by atoms with E-state index in [0.29, 0.717) is 6.04 Å². The van der Waals surface area contributed by atoms with Gasteiger partial charge >= 0.3 is 0 Å². The second-order valence-electron chi connectivity index (χ2n) is 6.46. The molecule has 0 saturated carbocycles. The lowest BCUT2D eigenvalue weighted by molar-refractivity contribution is -0.0315. The van der Waals surface area contributed by atoms with Crippen molar-refractivity contribution in [2.24, 2.45) is 17.6 Å². The first-order chi connectivity index (χ1) is 8.28. The minimum atomic E-state index is 0.657. The van der Waals surface area contributed by atoms with Gasteiger partial charge in [0.2, 0.25) is 0 Å². The summed E-state index contributed by atoms with van der Waals surface area (Å²) in [5.74, 6) is 1.84. The van der Waals surface area contributed by atoms with Crippen LogP contribution in [0.3, 0.4) is 0 Å².